The smallest absolute Gasteiger partial charge is 0.269 e. The summed E-state index contributed by atoms with van der Waals surface area (Å²) in [6, 6.07) is 4.74. The van der Waals surface area contributed by atoms with Gasteiger partial charge in [0.2, 0.25) is 0 Å². The number of carbonyl (C=O) groups is 1. The number of nitrogens with zero attached hydrogens (tertiary/aromatic N) is 1. The van der Waals surface area contributed by atoms with Crippen molar-refractivity contribution in [1.82, 2.24) is 0 Å². The fraction of sp³-hybridized carbons (Fsp3) is 0.364. The molecule has 0 saturated heterocycles. The Morgan fingerprint density at radius 2 is 1.82 bits per heavy atom. The average molecular weight is 237 g/mol. The van der Waals surface area contributed by atoms with E-state index in [0.29, 0.717) is 5.69 Å². The SMILES string of the molecule is CC(C)C(Nc1ccc([N+](=O)[O-])cc1)C(=O)[O-]. The van der Waals surface area contributed by atoms with Gasteiger partial charge in [-0.3, -0.25) is 10.1 Å². The molecule has 6 heteroatoms. The third-order valence-electron chi connectivity index (χ3n) is 2.32. The monoisotopic (exact) mass is 237 g/mol. The molecule has 0 heterocycles. The fourth-order valence-corrected chi connectivity index (χ4v) is 1.36. The molecule has 0 aromatic heterocycles. The first-order chi connectivity index (χ1) is 7.91. The highest BCUT2D eigenvalue weighted by Gasteiger charge is 2.14. The van der Waals surface area contributed by atoms with Crippen LogP contribution in [0.3, 0.4) is 0 Å². The Bertz CT molecular complexity index is 414. The van der Waals surface area contributed by atoms with Gasteiger partial charge in [0.25, 0.3) is 5.69 Å². The van der Waals surface area contributed by atoms with Crippen molar-refractivity contribution in [2.24, 2.45) is 5.92 Å². The highest BCUT2D eigenvalue weighted by atomic mass is 16.6. The lowest BCUT2D eigenvalue weighted by Gasteiger charge is -2.24. The zero-order valence-corrected chi connectivity index (χ0v) is 9.54. The van der Waals surface area contributed by atoms with E-state index in [-0.39, 0.29) is 11.6 Å². The molecule has 1 N–H and O–H groups in total. The molecule has 0 amide bonds. The molecule has 1 aromatic rings. The van der Waals surface area contributed by atoms with Crippen molar-refractivity contribution >= 4 is 17.3 Å². The predicted molar refractivity (Wildman–Crippen MR) is 60.4 cm³/mol. The van der Waals surface area contributed by atoms with E-state index in [9.17, 15) is 20.0 Å². The molecular formula is C11H13N2O4-. The van der Waals surface area contributed by atoms with E-state index in [4.69, 9.17) is 0 Å². The fourth-order valence-electron chi connectivity index (χ4n) is 1.36. The molecule has 1 atom stereocenters. The van der Waals surface area contributed by atoms with E-state index < -0.39 is 16.9 Å². The number of nitrogens with one attached hydrogen (secondary N) is 1. The lowest BCUT2D eigenvalue weighted by Crippen LogP contribution is -2.44. The van der Waals surface area contributed by atoms with Crippen molar-refractivity contribution in [2.75, 3.05) is 5.32 Å². The topological polar surface area (TPSA) is 95.3 Å². The van der Waals surface area contributed by atoms with Crippen LogP contribution in [-0.2, 0) is 4.79 Å². The van der Waals surface area contributed by atoms with Crippen molar-refractivity contribution in [3.05, 3.63) is 34.4 Å². The second-order valence-electron chi connectivity index (χ2n) is 3.99. The number of benzene rings is 1. The summed E-state index contributed by atoms with van der Waals surface area (Å²) in [6.45, 7) is 3.50. The summed E-state index contributed by atoms with van der Waals surface area (Å²) in [4.78, 5) is 20.8. The largest absolute Gasteiger partial charge is 0.548 e. The van der Waals surface area contributed by atoms with Crippen LogP contribution in [0.2, 0.25) is 0 Å². The lowest BCUT2D eigenvalue weighted by atomic mass is 10.0. The van der Waals surface area contributed by atoms with Crippen LogP contribution in [-0.4, -0.2) is 16.9 Å². The van der Waals surface area contributed by atoms with Crippen LogP contribution in [0.1, 0.15) is 13.8 Å². The highest BCUT2D eigenvalue weighted by Crippen LogP contribution is 2.17. The molecular weight excluding hydrogens is 224 g/mol. The van der Waals surface area contributed by atoms with Gasteiger partial charge in [0.05, 0.1) is 16.9 Å². The van der Waals surface area contributed by atoms with E-state index in [1.165, 1.54) is 24.3 Å². The zero-order chi connectivity index (χ0) is 13.0. The minimum Gasteiger partial charge on any atom is -0.548 e. The number of nitro groups is 1. The summed E-state index contributed by atoms with van der Waals surface area (Å²) in [5.41, 5.74) is 0.476. The molecule has 0 saturated carbocycles. The van der Waals surface area contributed by atoms with E-state index in [1.807, 2.05) is 0 Å². The Balaban J connectivity index is 2.80. The number of aliphatic carboxylic acids is 1. The summed E-state index contributed by atoms with van der Waals surface area (Å²) in [5, 5.41) is 24.0. The molecule has 0 aliphatic heterocycles. The molecule has 0 spiro atoms. The van der Waals surface area contributed by atoms with Gasteiger partial charge in [-0.15, -0.1) is 0 Å². The zero-order valence-electron chi connectivity index (χ0n) is 9.54. The summed E-state index contributed by atoms with van der Waals surface area (Å²) < 4.78 is 0. The van der Waals surface area contributed by atoms with Gasteiger partial charge in [-0.05, 0) is 18.1 Å². The van der Waals surface area contributed by atoms with E-state index in [2.05, 4.69) is 5.32 Å². The molecule has 6 nitrogen and oxygen atoms in total. The number of carbonyl (C=O) groups excluding carboxylic acids is 1. The summed E-state index contributed by atoms with van der Waals surface area (Å²) in [6.07, 6.45) is 0. The Morgan fingerprint density at radius 1 is 1.29 bits per heavy atom. The van der Waals surface area contributed by atoms with Crippen LogP contribution >= 0.6 is 0 Å². The Hall–Kier alpha value is -2.11. The molecule has 0 fully saturated rings. The number of nitro benzene ring substituents is 1. The van der Waals surface area contributed by atoms with E-state index in [0.717, 1.165) is 0 Å². The molecule has 92 valence electrons. The second-order valence-corrected chi connectivity index (χ2v) is 3.99. The van der Waals surface area contributed by atoms with Crippen molar-refractivity contribution in [3.63, 3.8) is 0 Å². The maximum atomic E-state index is 10.8. The number of carboxylic acid groups (broad SMARTS) is 1. The number of non-ortho nitro benzene ring substituents is 1. The maximum absolute atomic E-state index is 10.8. The van der Waals surface area contributed by atoms with Crippen molar-refractivity contribution in [2.45, 2.75) is 19.9 Å². The summed E-state index contributed by atoms with van der Waals surface area (Å²) in [5.74, 6) is -1.34. The first-order valence-electron chi connectivity index (χ1n) is 5.13. The summed E-state index contributed by atoms with van der Waals surface area (Å²) in [7, 11) is 0. The highest BCUT2D eigenvalue weighted by molar-refractivity contribution is 5.75. The second kappa shape index (κ2) is 5.29. The normalized spacial score (nSPS) is 12.2. The number of hydrogen-bond donors (Lipinski definition) is 1. The number of carboxylic acids is 1. The van der Waals surface area contributed by atoms with Crippen LogP contribution in [0.15, 0.2) is 24.3 Å². The quantitative estimate of drug-likeness (QED) is 0.603. The average Bonchev–Trinajstić information content (AvgIpc) is 2.25. The molecule has 1 aromatic carbocycles. The minimum absolute atomic E-state index is 0.0369. The third kappa shape index (κ3) is 3.44. The van der Waals surface area contributed by atoms with Crippen molar-refractivity contribution in [1.29, 1.82) is 0 Å². The summed E-state index contributed by atoms with van der Waals surface area (Å²) >= 11 is 0. The maximum Gasteiger partial charge on any atom is 0.269 e. The van der Waals surface area contributed by atoms with Crippen LogP contribution in [0, 0.1) is 16.0 Å². The molecule has 0 aliphatic carbocycles. The first-order valence-corrected chi connectivity index (χ1v) is 5.13. The van der Waals surface area contributed by atoms with Gasteiger partial charge in [-0.1, -0.05) is 13.8 Å². The van der Waals surface area contributed by atoms with Crippen molar-refractivity contribution in [3.8, 4) is 0 Å². The first kappa shape index (κ1) is 13.0. The lowest BCUT2D eigenvalue weighted by molar-refractivity contribution is -0.384. The van der Waals surface area contributed by atoms with Crippen LogP contribution in [0.25, 0.3) is 0 Å². The van der Waals surface area contributed by atoms with E-state index >= 15 is 0 Å². The van der Waals surface area contributed by atoms with Gasteiger partial charge in [-0.25, -0.2) is 0 Å². The minimum atomic E-state index is -1.20. The number of anilines is 1. The van der Waals surface area contributed by atoms with Crippen molar-refractivity contribution < 1.29 is 14.8 Å². The van der Waals surface area contributed by atoms with E-state index in [1.54, 1.807) is 13.8 Å². The Morgan fingerprint density at radius 3 is 2.18 bits per heavy atom. The van der Waals surface area contributed by atoms with Gasteiger partial charge in [0, 0.05) is 17.8 Å². The van der Waals surface area contributed by atoms with Gasteiger partial charge >= 0.3 is 0 Å². The Kier molecular flexibility index (Phi) is 4.03. The molecule has 0 aliphatic rings. The molecule has 1 unspecified atom stereocenters. The predicted octanol–water partition coefficient (Wildman–Crippen LogP) is 0.781. The van der Waals surface area contributed by atoms with Gasteiger partial charge in [-0.2, -0.15) is 0 Å². The third-order valence-corrected chi connectivity index (χ3v) is 2.32. The van der Waals surface area contributed by atoms with Gasteiger partial charge in [0.15, 0.2) is 0 Å². The number of rotatable bonds is 5. The standard InChI is InChI=1S/C11H14N2O4/c1-7(2)10(11(14)15)12-8-3-5-9(6-4-8)13(16)17/h3-7,10,12H,1-2H3,(H,14,15)/p-1. The van der Waals surface area contributed by atoms with Crippen LogP contribution < -0.4 is 10.4 Å². The molecule has 0 bridgehead atoms. The number of hydrogen-bond acceptors (Lipinski definition) is 5. The van der Waals surface area contributed by atoms with Crippen LogP contribution in [0.4, 0.5) is 11.4 Å². The Labute approximate surface area is 98.4 Å². The molecule has 17 heavy (non-hydrogen) atoms. The molecule has 1 rings (SSSR count). The van der Waals surface area contributed by atoms with Gasteiger partial charge in [0.1, 0.15) is 0 Å². The van der Waals surface area contributed by atoms with Gasteiger partial charge < -0.3 is 15.2 Å². The van der Waals surface area contributed by atoms with Crippen LogP contribution in [0.5, 0.6) is 0 Å². The molecule has 0 radical (unpaired) electrons.